The van der Waals surface area contributed by atoms with Crippen molar-refractivity contribution in [3.63, 3.8) is 0 Å². The van der Waals surface area contributed by atoms with Gasteiger partial charge in [-0.3, -0.25) is 9.59 Å². The van der Waals surface area contributed by atoms with Crippen molar-refractivity contribution in [1.82, 2.24) is 0 Å². The van der Waals surface area contributed by atoms with E-state index in [1.807, 2.05) is 20.8 Å². The molecule has 0 bridgehead atoms. The van der Waals surface area contributed by atoms with Crippen LogP contribution in [0.2, 0.25) is 0 Å². The Morgan fingerprint density at radius 3 is 2.12 bits per heavy atom. The molecule has 0 rings (SSSR count). The van der Waals surface area contributed by atoms with Gasteiger partial charge in [0.05, 0.1) is 6.61 Å². The third kappa shape index (κ3) is 7.77. The molecular weight excluding hydrogens is 220 g/mol. The van der Waals surface area contributed by atoms with Crippen LogP contribution in [0.3, 0.4) is 0 Å². The molecular formula is C13H24O4. The predicted molar refractivity (Wildman–Crippen MR) is 65.5 cm³/mol. The standard InChI is InChI=1S/C13H24O4/c1-5-11(10(3)4)17-13(15)9-7-8-12(14)16-6-2/h10-11H,5-9H2,1-4H3. The summed E-state index contributed by atoms with van der Waals surface area (Å²) >= 11 is 0. The molecule has 0 aromatic rings. The fourth-order valence-corrected chi connectivity index (χ4v) is 1.53. The molecule has 0 aliphatic rings. The summed E-state index contributed by atoms with van der Waals surface area (Å²) in [6.45, 7) is 8.20. The van der Waals surface area contributed by atoms with E-state index in [2.05, 4.69) is 0 Å². The molecule has 0 aliphatic heterocycles. The van der Waals surface area contributed by atoms with Crippen LogP contribution in [0.4, 0.5) is 0 Å². The topological polar surface area (TPSA) is 52.6 Å². The van der Waals surface area contributed by atoms with Crippen molar-refractivity contribution >= 4 is 11.9 Å². The van der Waals surface area contributed by atoms with Crippen LogP contribution in [0.1, 0.15) is 53.4 Å². The maximum atomic E-state index is 11.5. The summed E-state index contributed by atoms with van der Waals surface area (Å²) in [5.41, 5.74) is 0. The van der Waals surface area contributed by atoms with Crippen molar-refractivity contribution in [3.8, 4) is 0 Å². The lowest BCUT2D eigenvalue weighted by molar-refractivity contribution is -0.151. The van der Waals surface area contributed by atoms with Gasteiger partial charge in [0, 0.05) is 12.8 Å². The highest BCUT2D eigenvalue weighted by molar-refractivity contribution is 5.72. The van der Waals surface area contributed by atoms with Crippen LogP contribution in [0, 0.1) is 5.92 Å². The van der Waals surface area contributed by atoms with Gasteiger partial charge in [-0.05, 0) is 25.7 Å². The molecule has 1 unspecified atom stereocenters. The zero-order valence-corrected chi connectivity index (χ0v) is 11.3. The Bertz CT molecular complexity index is 236. The van der Waals surface area contributed by atoms with Gasteiger partial charge < -0.3 is 9.47 Å². The molecule has 0 spiro atoms. The van der Waals surface area contributed by atoms with Crippen molar-refractivity contribution in [2.45, 2.75) is 59.5 Å². The second kappa shape index (κ2) is 9.02. The molecule has 0 fully saturated rings. The Balaban J connectivity index is 3.76. The Morgan fingerprint density at radius 1 is 1.06 bits per heavy atom. The first-order valence-electron chi connectivity index (χ1n) is 6.36. The molecule has 0 N–H and O–H groups in total. The number of carbonyl (C=O) groups is 2. The average molecular weight is 244 g/mol. The van der Waals surface area contributed by atoms with Gasteiger partial charge in [0.15, 0.2) is 0 Å². The number of rotatable bonds is 8. The van der Waals surface area contributed by atoms with E-state index in [0.29, 0.717) is 18.9 Å². The zero-order chi connectivity index (χ0) is 13.3. The zero-order valence-electron chi connectivity index (χ0n) is 11.3. The summed E-state index contributed by atoms with van der Waals surface area (Å²) in [4.78, 5) is 22.5. The first-order chi connectivity index (χ1) is 8.01. The number of carbonyl (C=O) groups excluding carboxylic acids is 2. The fraction of sp³-hybridized carbons (Fsp3) is 0.846. The van der Waals surface area contributed by atoms with Crippen LogP contribution >= 0.6 is 0 Å². The summed E-state index contributed by atoms with van der Waals surface area (Å²) in [6, 6.07) is 0. The highest BCUT2D eigenvalue weighted by atomic mass is 16.5. The van der Waals surface area contributed by atoms with Gasteiger partial charge in [0.2, 0.25) is 0 Å². The molecule has 4 heteroatoms. The quantitative estimate of drug-likeness (QED) is 0.616. The molecule has 0 aliphatic carbocycles. The number of esters is 2. The first-order valence-corrected chi connectivity index (χ1v) is 6.36. The largest absolute Gasteiger partial charge is 0.466 e. The van der Waals surface area contributed by atoms with Crippen molar-refractivity contribution in [1.29, 1.82) is 0 Å². The molecule has 100 valence electrons. The monoisotopic (exact) mass is 244 g/mol. The van der Waals surface area contributed by atoms with E-state index in [1.165, 1.54) is 0 Å². The van der Waals surface area contributed by atoms with Gasteiger partial charge in [-0.2, -0.15) is 0 Å². The van der Waals surface area contributed by atoms with E-state index in [4.69, 9.17) is 9.47 Å². The SMILES string of the molecule is CCOC(=O)CCCC(=O)OC(CC)C(C)C. The van der Waals surface area contributed by atoms with Crippen LogP contribution in [0.5, 0.6) is 0 Å². The third-order valence-corrected chi connectivity index (χ3v) is 2.50. The van der Waals surface area contributed by atoms with E-state index in [0.717, 1.165) is 6.42 Å². The number of hydrogen-bond donors (Lipinski definition) is 0. The maximum Gasteiger partial charge on any atom is 0.306 e. The molecule has 0 saturated carbocycles. The van der Waals surface area contributed by atoms with Gasteiger partial charge >= 0.3 is 11.9 Å². The summed E-state index contributed by atoms with van der Waals surface area (Å²) in [5.74, 6) is -0.153. The van der Waals surface area contributed by atoms with Crippen LogP contribution in [0.15, 0.2) is 0 Å². The van der Waals surface area contributed by atoms with E-state index >= 15 is 0 Å². The van der Waals surface area contributed by atoms with Crippen LogP contribution in [-0.4, -0.2) is 24.6 Å². The van der Waals surface area contributed by atoms with Crippen molar-refractivity contribution in [3.05, 3.63) is 0 Å². The molecule has 0 saturated heterocycles. The van der Waals surface area contributed by atoms with Gasteiger partial charge in [-0.1, -0.05) is 20.8 Å². The molecule has 0 heterocycles. The normalized spacial score (nSPS) is 12.3. The molecule has 0 aromatic heterocycles. The van der Waals surface area contributed by atoms with Crippen LogP contribution in [0.25, 0.3) is 0 Å². The Morgan fingerprint density at radius 2 is 1.65 bits per heavy atom. The van der Waals surface area contributed by atoms with Gasteiger partial charge in [-0.15, -0.1) is 0 Å². The molecule has 0 amide bonds. The highest BCUT2D eigenvalue weighted by Crippen LogP contribution is 2.12. The average Bonchev–Trinajstić information content (AvgIpc) is 2.25. The summed E-state index contributed by atoms with van der Waals surface area (Å²) < 4.78 is 10.1. The summed E-state index contributed by atoms with van der Waals surface area (Å²) in [6.07, 6.45) is 1.85. The van der Waals surface area contributed by atoms with E-state index in [-0.39, 0.29) is 30.9 Å². The van der Waals surface area contributed by atoms with Crippen LogP contribution in [-0.2, 0) is 19.1 Å². The first kappa shape index (κ1) is 15.9. The second-order valence-corrected chi connectivity index (χ2v) is 4.34. The number of ether oxygens (including phenoxy) is 2. The molecule has 17 heavy (non-hydrogen) atoms. The summed E-state index contributed by atoms with van der Waals surface area (Å²) in [7, 11) is 0. The minimum absolute atomic E-state index is 0.0231. The Labute approximate surface area is 104 Å². The van der Waals surface area contributed by atoms with Crippen molar-refractivity contribution in [2.24, 2.45) is 5.92 Å². The highest BCUT2D eigenvalue weighted by Gasteiger charge is 2.16. The van der Waals surface area contributed by atoms with E-state index in [1.54, 1.807) is 6.92 Å². The molecule has 1 atom stereocenters. The smallest absolute Gasteiger partial charge is 0.306 e. The van der Waals surface area contributed by atoms with Gasteiger partial charge in [0.1, 0.15) is 6.10 Å². The van der Waals surface area contributed by atoms with E-state index in [9.17, 15) is 9.59 Å². The van der Waals surface area contributed by atoms with Crippen molar-refractivity contribution < 1.29 is 19.1 Å². The lowest BCUT2D eigenvalue weighted by atomic mass is 10.1. The molecule has 0 radical (unpaired) electrons. The molecule has 4 nitrogen and oxygen atoms in total. The Hall–Kier alpha value is -1.06. The predicted octanol–water partition coefficient (Wildman–Crippen LogP) is 2.70. The minimum atomic E-state index is -0.254. The third-order valence-electron chi connectivity index (χ3n) is 2.50. The van der Waals surface area contributed by atoms with E-state index < -0.39 is 0 Å². The summed E-state index contributed by atoms with van der Waals surface area (Å²) in [5, 5.41) is 0. The fourth-order valence-electron chi connectivity index (χ4n) is 1.53. The Kier molecular flexibility index (Phi) is 8.46. The maximum absolute atomic E-state index is 11.5. The second-order valence-electron chi connectivity index (χ2n) is 4.34. The van der Waals surface area contributed by atoms with Gasteiger partial charge in [0.25, 0.3) is 0 Å². The number of hydrogen-bond acceptors (Lipinski definition) is 4. The lowest BCUT2D eigenvalue weighted by Gasteiger charge is -2.19. The lowest BCUT2D eigenvalue weighted by Crippen LogP contribution is -2.22. The van der Waals surface area contributed by atoms with Crippen molar-refractivity contribution in [2.75, 3.05) is 6.61 Å². The van der Waals surface area contributed by atoms with Gasteiger partial charge in [-0.25, -0.2) is 0 Å². The minimum Gasteiger partial charge on any atom is -0.466 e. The molecule has 0 aromatic carbocycles. The van der Waals surface area contributed by atoms with Crippen LogP contribution < -0.4 is 0 Å².